The van der Waals surface area contributed by atoms with E-state index in [9.17, 15) is 9.59 Å². The van der Waals surface area contributed by atoms with E-state index in [1.54, 1.807) is 0 Å². The Kier molecular flexibility index (Phi) is 10.7. The number of benzene rings is 10. The van der Waals surface area contributed by atoms with Crippen molar-refractivity contribution in [1.29, 1.82) is 0 Å². The van der Waals surface area contributed by atoms with E-state index in [1.165, 1.54) is 43.5 Å². The topological polar surface area (TPSA) is 42.3 Å². The van der Waals surface area contributed by atoms with Gasteiger partial charge in [0.1, 0.15) is 0 Å². The third kappa shape index (κ3) is 7.33. The number of nitrogens with zero attached hydrogens (tertiary/aromatic N) is 2. The van der Waals surface area contributed by atoms with E-state index in [4.69, 9.17) is 0 Å². The number of para-hydroxylation sites is 2. The van der Waals surface area contributed by atoms with Crippen molar-refractivity contribution in [3.05, 3.63) is 245 Å². The van der Waals surface area contributed by atoms with Gasteiger partial charge in [-0.1, -0.05) is 183 Å². The first-order valence-corrected chi connectivity index (χ1v) is 24.0. The summed E-state index contributed by atoms with van der Waals surface area (Å²) in [7, 11) is 2.08. The SMILES string of the molecule is CC1C=c2c(-c3ccc(-c4ccc5c(c4)c4ccccc4c(=O)n5-c4ccccc4)cc3)c3ccccc3c(-c3ccc(-c4ccc(N(C)c5ccccc5)c(-c5ccccc5C=O)c4)cc3)c2=CC1. The van der Waals surface area contributed by atoms with Crippen molar-refractivity contribution in [2.24, 2.45) is 5.92 Å². The number of rotatable bonds is 9. The fourth-order valence-corrected chi connectivity index (χ4v) is 10.8. The number of pyridine rings is 1. The second-order valence-corrected chi connectivity index (χ2v) is 18.4. The van der Waals surface area contributed by atoms with Gasteiger partial charge in [-0.2, -0.15) is 0 Å². The van der Waals surface area contributed by atoms with Crippen molar-refractivity contribution < 1.29 is 4.79 Å². The lowest BCUT2D eigenvalue weighted by Crippen LogP contribution is -2.33. The van der Waals surface area contributed by atoms with E-state index in [0.717, 1.165) is 79.4 Å². The molecule has 1 atom stereocenters. The highest BCUT2D eigenvalue weighted by Gasteiger charge is 2.20. The van der Waals surface area contributed by atoms with Crippen molar-refractivity contribution in [2.45, 2.75) is 13.3 Å². The van der Waals surface area contributed by atoms with Crippen LogP contribution in [-0.4, -0.2) is 17.9 Å². The molecule has 0 amide bonds. The Labute approximate surface area is 407 Å². The van der Waals surface area contributed by atoms with E-state index in [-0.39, 0.29) is 5.56 Å². The van der Waals surface area contributed by atoms with Crippen molar-refractivity contribution in [2.75, 3.05) is 11.9 Å². The molecule has 0 saturated carbocycles. The minimum Gasteiger partial charge on any atom is -0.344 e. The number of carbonyl (C=O) groups excluding carboxylic acids is 1. The van der Waals surface area contributed by atoms with Gasteiger partial charge >= 0.3 is 0 Å². The van der Waals surface area contributed by atoms with Gasteiger partial charge in [-0.25, -0.2) is 0 Å². The summed E-state index contributed by atoms with van der Waals surface area (Å²) in [5.74, 6) is 0.394. The van der Waals surface area contributed by atoms with Gasteiger partial charge in [0, 0.05) is 46.0 Å². The number of fused-ring (bicyclic) bond motifs is 5. The molecule has 0 spiro atoms. The maximum absolute atomic E-state index is 13.9. The van der Waals surface area contributed by atoms with Gasteiger partial charge in [-0.15, -0.1) is 0 Å². The summed E-state index contributed by atoms with van der Waals surface area (Å²) >= 11 is 0. The van der Waals surface area contributed by atoms with Gasteiger partial charge in [0.25, 0.3) is 5.56 Å². The Morgan fingerprint density at radius 1 is 0.486 bits per heavy atom. The minimum absolute atomic E-state index is 0.0178. The lowest BCUT2D eigenvalue weighted by molar-refractivity contribution is 0.112. The highest BCUT2D eigenvalue weighted by molar-refractivity contribution is 6.08. The Balaban J connectivity index is 0.942. The van der Waals surface area contributed by atoms with Gasteiger partial charge in [0.05, 0.1) is 5.52 Å². The molecule has 1 heterocycles. The zero-order valence-electron chi connectivity index (χ0n) is 39.0. The standard InChI is InChI=1S/C66H48N2O2/c1-43-25-36-57-61(39-43)65(47-32-28-45(29-33-47)49-35-38-63-60(41-49)54-21-11-14-24-58(54)66(70)68(63)52-18-7-4-8-19-52)56-23-13-12-22-55(56)64(57)46-30-26-44(27-31-46)48-34-37-62(67(2)51-16-5-3-6-17-51)59(40-48)53-20-10-9-15-50(53)42-69/h3-24,26-43H,25H2,1-2H3. The van der Waals surface area contributed by atoms with Crippen LogP contribution in [0.25, 0.3) is 106 Å². The maximum Gasteiger partial charge on any atom is 0.263 e. The van der Waals surface area contributed by atoms with Crippen LogP contribution < -0.4 is 20.9 Å². The van der Waals surface area contributed by atoms with Crippen LogP contribution in [0.4, 0.5) is 11.4 Å². The van der Waals surface area contributed by atoms with E-state index >= 15 is 0 Å². The summed E-state index contributed by atoms with van der Waals surface area (Å²) in [6.07, 6.45) is 6.83. The number of hydrogen-bond acceptors (Lipinski definition) is 3. The molecule has 11 aromatic rings. The van der Waals surface area contributed by atoms with Gasteiger partial charge < -0.3 is 4.90 Å². The molecule has 0 N–H and O–H groups in total. The first kappa shape index (κ1) is 42.5. The maximum atomic E-state index is 13.9. The predicted octanol–water partition coefficient (Wildman–Crippen LogP) is 14.8. The Morgan fingerprint density at radius 2 is 1.01 bits per heavy atom. The molecule has 1 aliphatic rings. The predicted molar refractivity (Wildman–Crippen MR) is 294 cm³/mol. The van der Waals surface area contributed by atoms with Crippen LogP contribution in [0, 0.1) is 5.92 Å². The molecule has 1 unspecified atom stereocenters. The molecule has 0 saturated heterocycles. The van der Waals surface area contributed by atoms with E-state index in [2.05, 4.69) is 158 Å². The fourth-order valence-electron chi connectivity index (χ4n) is 10.8. The van der Waals surface area contributed by atoms with Crippen LogP contribution >= 0.6 is 0 Å². The summed E-state index contributed by atoms with van der Waals surface area (Å²) in [6, 6.07) is 75.9. The third-order valence-corrected chi connectivity index (χ3v) is 14.2. The summed E-state index contributed by atoms with van der Waals surface area (Å²) in [5, 5.41) is 7.69. The fraction of sp³-hybridized carbons (Fsp3) is 0.0606. The molecule has 10 aromatic carbocycles. The Bertz CT molecular complexity index is 4020. The normalized spacial score (nSPS) is 13.1. The first-order chi connectivity index (χ1) is 34.4. The lowest BCUT2D eigenvalue weighted by Gasteiger charge is -2.24. The molecule has 0 aliphatic heterocycles. The number of aromatic nitrogens is 1. The number of hydrogen-bond donors (Lipinski definition) is 0. The molecule has 70 heavy (non-hydrogen) atoms. The van der Waals surface area contributed by atoms with Gasteiger partial charge in [0.15, 0.2) is 6.29 Å². The van der Waals surface area contributed by atoms with Gasteiger partial charge in [-0.05, 0) is 144 Å². The third-order valence-electron chi connectivity index (χ3n) is 14.2. The molecular formula is C66H48N2O2. The van der Waals surface area contributed by atoms with Crippen LogP contribution in [0.1, 0.15) is 23.7 Å². The zero-order valence-corrected chi connectivity index (χ0v) is 39.0. The summed E-state index contributed by atoms with van der Waals surface area (Å²) < 4.78 is 1.84. The van der Waals surface area contributed by atoms with Crippen molar-refractivity contribution >= 4 is 62.3 Å². The van der Waals surface area contributed by atoms with Gasteiger partial charge in [0.2, 0.25) is 0 Å². The lowest BCUT2D eigenvalue weighted by atomic mass is 9.84. The average Bonchev–Trinajstić information content (AvgIpc) is 3.42. The summed E-state index contributed by atoms with van der Waals surface area (Å²) in [6.45, 7) is 2.31. The largest absolute Gasteiger partial charge is 0.344 e. The molecule has 1 aliphatic carbocycles. The molecule has 0 radical (unpaired) electrons. The smallest absolute Gasteiger partial charge is 0.263 e. The van der Waals surface area contributed by atoms with Crippen molar-refractivity contribution in [3.63, 3.8) is 0 Å². The van der Waals surface area contributed by atoms with Crippen LogP contribution in [0.15, 0.2) is 223 Å². The van der Waals surface area contributed by atoms with E-state index < -0.39 is 0 Å². The van der Waals surface area contributed by atoms with Crippen LogP contribution in [0.3, 0.4) is 0 Å². The molecule has 0 bridgehead atoms. The second-order valence-electron chi connectivity index (χ2n) is 18.4. The summed E-state index contributed by atoms with van der Waals surface area (Å²) in [4.78, 5) is 28.5. The molecule has 334 valence electrons. The monoisotopic (exact) mass is 900 g/mol. The Morgan fingerprint density at radius 3 is 1.69 bits per heavy atom. The number of anilines is 2. The van der Waals surface area contributed by atoms with Crippen molar-refractivity contribution in [1.82, 2.24) is 4.57 Å². The summed E-state index contributed by atoms with van der Waals surface area (Å²) in [5.41, 5.74) is 15.6. The van der Waals surface area contributed by atoms with Crippen LogP contribution in [0.2, 0.25) is 0 Å². The first-order valence-electron chi connectivity index (χ1n) is 24.0. The number of aldehydes is 1. The van der Waals surface area contributed by atoms with Gasteiger partial charge in [-0.3, -0.25) is 14.2 Å². The highest BCUT2D eigenvalue weighted by Crippen LogP contribution is 2.40. The molecule has 0 fully saturated rings. The molecule has 4 heteroatoms. The zero-order chi connectivity index (χ0) is 47.3. The number of carbonyl (C=O) groups is 1. The molecule has 1 aromatic heterocycles. The van der Waals surface area contributed by atoms with Crippen LogP contribution in [-0.2, 0) is 0 Å². The van der Waals surface area contributed by atoms with E-state index in [1.807, 2.05) is 95.6 Å². The van der Waals surface area contributed by atoms with Crippen molar-refractivity contribution in [3.8, 4) is 61.3 Å². The highest BCUT2D eigenvalue weighted by atomic mass is 16.1. The van der Waals surface area contributed by atoms with Crippen LogP contribution in [0.5, 0.6) is 0 Å². The van der Waals surface area contributed by atoms with E-state index in [0.29, 0.717) is 16.9 Å². The second kappa shape index (κ2) is 17.7. The quantitative estimate of drug-likeness (QED) is 0.107. The minimum atomic E-state index is -0.0178. The molecule has 4 nitrogen and oxygen atoms in total. The Hall–Kier alpha value is -8.86. The molecular weight excluding hydrogens is 853 g/mol. The molecule has 12 rings (SSSR count). The average molecular weight is 901 g/mol.